The number of amides is 1. The second-order valence-electron chi connectivity index (χ2n) is 7.84. The summed E-state index contributed by atoms with van der Waals surface area (Å²) < 4.78 is 11.1. The highest BCUT2D eigenvalue weighted by Gasteiger charge is 2.18. The molecule has 3 aromatic rings. The Kier molecular flexibility index (Phi) is 7.96. The Morgan fingerprint density at radius 1 is 0.968 bits per heavy atom. The van der Waals surface area contributed by atoms with Crippen molar-refractivity contribution >= 4 is 17.5 Å². The van der Waals surface area contributed by atoms with E-state index in [0.717, 1.165) is 23.3 Å². The SMILES string of the molecule is COc1ccc([C@H](CC(C)C)NC(=O)c2cccc(OCc3ccccc3Cl)c2)cc1. The number of rotatable bonds is 9. The molecule has 0 spiro atoms. The second kappa shape index (κ2) is 10.9. The zero-order valence-electron chi connectivity index (χ0n) is 18.1. The lowest BCUT2D eigenvalue weighted by atomic mass is 9.96. The number of ether oxygens (including phenoxy) is 2. The van der Waals surface area contributed by atoms with Crippen molar-refractivity contribution in [2.75, 3.05) is 7.11 Å². The fourth-order valence-corrected chi connectivity index (χ4v) is 3.52. The fraction of sp³-hybridized carbons (Fsp3) is 0.269. The normalized spacial score (nSPS) is 11.8. The fourth-order valence-electron chi connectivity index (χ4n) is 3.33. The third-order valence-electron chi connectivity index (χ3n) is 4.98. The summed E-state index contributed by atoms with van der Waals surface area (Å²) >= 11 is 6.20. The zero-order valence-corrected chi connectivity index (χ0v) is 18.9. The van der Waals surface area contributed by atoms with Crippen LogP contribution in [0.15, 0.2) is 72.8 Å². The number of halogens is 1. The summed E-state index contributed by atoms with van der Waals surface area (Å²) in [6.07, 6.45) is 0.834. The van der Waals surface area contributed by atoms with Crippen molar-refractivity contribution in [1.29, 1.82) is 0 Å². The molecule has 3 rings (SSSR count). The number of carbonyl (C=O) groups is 1. The topological polar surface area (TPSA) is 47.6 Å². The third-order valence-corrected chi connectivity index (χ3v) is 5.35. The van der Waals surface area contributed by atoms with Crippen LogP contribution in [0.4, 0.5) is 0 Å². The van der Waals surface area contributed by atoms with Gasteiger partial charge in [0.1, 0.15) is 18.1 Å². The standard InChI is InChI=1S/C26H28ClNO3/c1-18(2)15-25(19-11-13-22(30-3)14-12-19)28-26(29)20-8-6-9-23(16-20)31-17-21-7-4-5-10-24(21)27/h4-14,16,18,25H,15,17H2,1-3H3,(H,28,29)/t25-/m0/s1. The summed E-state index contributed by atoms with van der Waals surface area (Å²) in [6.45, 7) is 4.63. The highest BCUT2D eigenvalue weighted by atomic mass is 35.5. The van der Waals surface area contributed by atoms with Crippen LogP contribution in [0, 0.1) is 5.92 Å². The van der Waals surface area contributed by atoms with Crippen molar-refractivity contribution < 1.29 is 14.3 Å². The van der Waals surface area contributed by atoms with Gasteiger partial charge in [0.05, 0.1) is 13.2 Å². The molecule has 0 fully saturated rings. The first-order chi connectivity index (χ1) is 15.0. The molecule has 0 radical (unpaired) electrons. The number of hydrogen-bond donors (Lipinski definition) is 1. The molecule has 0 unspecified atom stereocenters. The Balaban J connectivity index is 1.71. The van der Waals surface area contributed by atoms with E-state index in [2.05, 4.69) is 19.2 Å². The lowest BCUT2D eigenvalue weighted by Crippen LogP contribution is -2.29. The maximum atomic E-state index is 13.0. The van der Waals surface area contributed by atoms with E-state index in [1.54, 1.807) is 19.2 Å². The average Bonchev–Trinajstić information content (AvgIpc) is 2.78. The number of nitrogens with one attached hydrogen (secondary N) is 1. The Labute approximate surface area is 189 Å². The van der Waals surface area contributed by atoms with E-state index in [1.807, 2.05) is 60.7 Å². The van der Waals surface area contributed by atoms with Gasteiger partial charge in [-0.2, -0.15) is 0 Å². The Bertz CT molecular complexity index is 1000. The minimum absolute atomic E-state index is 0.0916. The number of benzene rings is 3. The van der Waals surface area contributed by atoms with Gasteiger partial charge < -0.3 is 14.8 Å². The predicted octanol–water partition coefficient (Wildman–Crippen LogP) is 6.44. The highest BCUT2D eigenvalue weighted by molar-refractivity contribution is 6.31. The smallest absolute Gasteiger partial charge is 0.251 e. The van der Waals surface area contributed by atoms with Crippen molar-refractivity contribution in [2.45, 2.75) is 32.9 Å². The van der Waals surface area contributed by atoms with Crippen molar-refractivity contribution in [3.8, 4) is 11.5 Å². The molecule has 0 aromatic heterocycles. The molecule has 0 saturated heterocycles. The molecule has 1 N–H and O–H groups in total. The van der Waals surface area contributed by atoms with Crippen LogP contribution < -0.4 is 14.8 Å². The van der Waals surface area contributed by atoms with Crippen LogP contribution in [0.2, 0.25) is 5.02 Å². The van der Waals surface area contributed by atoms with Gasteiger partial charge >= 0.3 is 0 Å². The summed E-state index contributed by atoms with van der Waals surface area (Å²) in [5.41, 5.74) is 2.50. The van der Waals surface area contributed by atoms with Crippen molar-refractivity contribution in [3.63, 3.8) is 0 Å². The van der Waals surface area contributed by atoms with Crippen molar-refractivity contribution in [2.24, 2.45) is 5.92 Å². The molecule has 1 atom stereocenters. The molecule has 1 amide bonds. The lowest BCUT2D eigenvalue weighted by Gasteiger charge is -2.21. The highest BCUT2D eigenvalue weighted by Crippen LogP contribution is 2.25. The number of hydrogen-bond acceptors (Lipinski definition) is 3. The van der Waals surface area contributed by atoms with E-state index in [-0.39, 0.29) is 11.9 Å². The summed E-state index contributed by atoms with van der Waals surface area (Å²) in [5, 5.41) is 3.83. The minimum atomic E-state index is -0.135. The van der Waals surface area contributed by atoms with E-state index in [1.165, 1.54) is 0 Å². The molecule has 5 heteroatoms. The summed E-state index contributed by atoms with van der Waals surface area (Å²) in [6, 6.07) is 22.5. The number of methoxy groups -OCH3 is 1. The van der Waals surface area contributed by atoms with Gasteiger partial charge in [-0.25, -0.2) is 0 Å². The Morgan fingerprint density at radius 2 is 1.71 bits per heavy atom. The third kappa shape index (κ3) is 6.50. The van der Waals surface area contributed by atoms with Crippen molar-refractivity contribution in [1.82, 2.24) is 5.32 Å². The van der Waals surface area contributed by atoms with Gasteiger partial charge in [-0.1, -0.05) is 61.8 Å². The van der Waals surface area contributed by atoms with Gasteiger partial charge in [0.2, 0.25) is 0 Å². The Hall–Kier alpha value is -2.98. The summed E-state index contributed by atoms with van der Waals surface area (Å²) in [5.74, 6) is 1.71. The van der Waals surface area contributed by atoms with Crippen LogP contribution in [0.5, 0.6) is 11.5 Å². The molecular formula is C26H28ClNO3. The molecule has 0 aliphatic carbocycles. The second-order valence-corrected chi connectivity index (χ2v) is 8.24. The molecule has 0 aliphatic rings. The van der Waals surface area contributed by atoms with E-state index >= 15 is 0 Å². The summed E-state index contributed by atoms with van der Waals surface area (Å²) in [7, 11) is 1.64. The molecule has 162 valence electrons. The number of carbonyl (C=O) groups excluding carboxylic acids is 1. The van der Waals surface area contributed by atoms with Gasteiger partial charge in [0, 0.05) is 16.1 Å². The molecule has 0 saturated carbocycles. The molecule has 31 heavy (non-hydrogen) atoms. The first-order valence-corrected chi connectivity index (χ1v) is 10.7. The van der Waals surface area contributed by atoms with E-state index in [0.29, 0.717) is 28.9 Å². The molecule has 0 bridgehead atoms. The van der Waals surface area contributed by atoms with Crippen LogP contribution in [-0.4, -0.2) is 13.0 Å². The van der Waals surface area contributed by atoms with E-state index < -0.39 is 0 Å². The lowest BCUT2D eigenvalue weighted by molar-refractivity contribution is 0.0931. The monoisotopic (exact) mass is 437 g/mol. The first-order valence-electron chi connectivity index (χ1n) is 10.4. The minimum Gasteiger partial charge on any atom is -0.497 e. The Morgan fingerprint density at radius 3 is 2.39 bits per heavy atom. The maximum Gasteiger partial charge on any atom is 0.251 e. The van der Waals surface area contributed by atoms with Gasteiger partial charge in [-0.15, -0.1) is 0 Å². The first kappa shape index (κ1) is 22.7. The van der Waals surface area contributed by atoms with Gasteiger partial charge in [0.15, 0.2) is 0 Å². The molecule has 3 aromatic carbocycles. The summed E-state index contributed by atoms with van der Waals surface area (Å²) in [4.78, 5) is 13.0. The van der Waals surface area contributed by atoms with Crippen LogP contribution in [0.3, 0.4) is 0 Å². The maximum absolute atomic E-state index is 13.0. The quantitative estimate of drug-likeness (QED) is 0.418. The largest absolute Gasteiger partial charge is 0.497 e. The van der Waals surface area contributed by atoms with E-state index in [4.69, 9.17) is 21.1 Å². The van der Waals surface area contributed by atoms with Crippen LogP contribution in [0.25, 0.3) is 0 Å². The van der Waals surface area contributed by atoms with Crippen LogP contribution in [0.1, 0.15) is 47.8 Å². The zero-order chi connectivity index (χ0) is 22.2. The van der Waals surface area contributed by atoms with Gasteiger partial charge in [-0.05, 0) is 54.3 Å². The van der Waals surface area contributed by atoms with Crippen molar-refractivity contribution in [3.05, 3.63) is 94.5 Å². The average molecular weight is 438 g/mol. The predicted molar refractivity (Wildman–Crippen MR) is 125 cm³/mol. The van der Waals surface area contributed by atoms with Crippen LogP contribution >= 0.6 is 11.6 Å². The molecule has 0 heterocycles. The molecular weight excluding hydrogens is 410 g/mol. The molecule has 0 aliphatic heterocycles. The van der Waals surface area contributed by atoms with Crippen LogP contribution in [-0.2, 0) is 6.61 Å². The van der Waals surface area contributed by atoms with Gasteiger partial charge in [0.25, 0.3) is 5.91 Å². The van der Waals surface area contributed by atoms with Gasteiger partial charge in [-0.3, -0.25) is 4.79 Å². The molecule has 4 nitrogen and oxygen atoms in total. The van der Waals surface area contributed by atoms with E-state index in [9.17, 15) is 4.79 Å².